The van der Waals surface area contributed by atoms with Crippen molar-refractivity contribution < 1.29 is 19.2 Å². The lowest BCUT2D eigenvalue weighted by atomic mass is 10.1. The normalized spacial score (nSPS) is 15.2. The highest BCUT2D eigenvalue weighted by atomic mass is 32.1. The summed E-state index contributed by atoms with van der Waals surface area (Å²) in [5, 5.41) is 7.41. The highest BCUT2D eigenvalue weighted by Crippen LogP contribution is 2.14. The van der Waals surface area contributed by atoms with Crippen molar-refractivity contribution in [2.45, 2.75) is 44.3 Å². The minimum Gasteiger partial charge on any atom is -0.370 e. The lowest BCUT2D eigenvalue weighted by Gasteiger charge is -2.20. The Bertz CT molecular complexity index is 1240. The number of carbonyl (C=O) groups is 4. The summed E-state index contributed by atoms with van der Waals surface area (Å²) in [4.78, 5) is 64.3. The molecule has 214 valence electrons. The second-order valence-corrected chi connectivity index (χ2v) is 10.1. The van der Waals surface area contributed by atoms with Crippen LogP contribution in [-0.4, -0.2) is 77.0 Å². The van der Waals surface area contributed by atoms with Crippen LogP contribution in [0.5, 0.6) is 0 Å². The molecule has 0 spiro atoms. The molecular formula is C25H34N10O4S. The van der Waals surface area contributed by atoms with Gasteiger partial charge < -0.3 is 38.5 Å². The van der Waals surface area contributed by atoms with E-state index in [1.165, 1.54) is 22.4 Å². The van der Waals surface area contributed by atoms with E-state index in [-0.39, 0.29) is 47.5 Å². The van der Waals surface area contributed by atoms with Crippen LogP contribution < -0.4 is 33.6 Å². The average Bonchev–Trinajstić information content (AvgIpc) is 3.56. The van der Waals surface area contributed by atoms with Gasteiger partial charge in [-0.15, -0.1) is 11.3 Å². The molecular weight excluding hydrogens is 536 g/mol. The van der Waals surface area contributed by atoms with Crippen molar-refractivity contribution in [2.75, 3.05) is 19.6 Å². The summed E-state index contributed by atoms with van der Waals surface area (Å²) < 4.78 is 0. The van der Waals surface area contributed by atoms with Crippen LogP contribution >= 0.6 is 11.3 Å². The van der Waals surface area contributed by atoms with Gasteiger partial charge in [0.25, 0.3) is 0 Å². The SMILES string of the molecule is NC(N)=NCCC[C@H](NC(=O)CN1CC[C@H](NC(=O)Cc2ccc(CN=C(N)N)cc2)C1=O)C(=O)c1nccs1. The first-order valence-electron chi connectivity index (χ1n) is 12.6. The number of carbonyl (C=O) groups excluding carboxylic acids is 4. The highest BCUT2D eigenvalue weighted by molar-refractivity contribution is 7.11. The molecule has 0 bridgehead atoms. The number of hydrogen-bond donors (Lipinski definition) is 6. The molecule has 1 fully saturated rings. The standard InChI is InChI=1S/C25H34N10O4S/c26-24(27)31-8-1-2-17(21(38)22-30-9-11-40-22)33-20(37)14-35-10-7-18(23(35)39)34-19(36)12-15-3-5-16(6-4-15)13-32-25(28)29/h3-6,9,11,17-18H,1-2,7-8,10,12-14H2,(H,33,37)(H,34,36)(H4,26,27,31)(H4,28,29,32)/t17-,18-/m0/s1. The third-order valence-electron chi connectivity index (χ3n) is 6.04. The van der Waals surface area contributed by atoms with Crippen molar-refractivity contribution in [2.24, 2.45) is 32.9 Å². The molecule has 3 rings (SSSR count). The van der Waals surface area contributed by atoms with E-state index in [1.807, 2.05) is 12.1 Å². The van der Waals surface area contributed by atoms with Gasteiger partial charge in [-0.1, -0.05) is 24.3 Å². The molecule has 40 heavy (non-hydrogen) atoms. The lowest BCUT2D eigenvalue weighted by molar-refractivity contribution is -0.135. The van der Waals surface area contributed by atoms with Gasteiger partial charge in [-0.25, -0.2) is 9.98 Å². The summed E-state index contributed by atoms with van der Waals surface area (Å²) in [5.41, 5.74) is 23.0. The van der Waals surface area contributed by atoms with E-state index >= 15 is 0 Å². The number of rotatable bonds is 14. The summed E-state index contributed by atoms with van der Waals surface area (Å²) in [6, 6.07) is 5.67. The highest BCUT2D eigenvalue weighted by Gasteiger charge is 2.34. The zero-order valence-electron chi connectivity index (χ0n) is 21.9. The summed E-state index contributed by atoms with van der Waals surface area (Å²) in [7, 11) is 0. The molecule has 1 aromatic heterocycles. The van der Waals surface area contributed by atoms with Crippen LogP contribution in [0.3, 0.4) is 0 Å². The summed E-state index contributed by atoms with van der Waals surface area (Å²) >= 11 is 1.18. The van der Waals surface area contributed by atoms with E-state index in [9.17, 15) is 19.2 Å². The number of benzene rings is 1. The third kappa shape index (κ3) is 9.34. The van der Waals surface area contributed by atoms with Crippen molar-refractivity contribution in [1.82, 2.24) is 20.5 Å². The minimum absolute atomic E-state index is 0.000267. The van der Waals surface area contributed by atoms with Crippen LogP contribution in [0.25, 0.3) is 0 Å². The number of thiazole rings is 1. The van der Waals surface area contributed by atoms with Gasteiger partial charge in [0.1, 0.15) is 6.04 Å². The van der Waals surface area contributed by atoms with Crippen molar-refractivity contribution in [3.8, 4) is 0 Å². The fourth-order valence-electron chi connectivity index (χ4n) is 4.09. The molecule has 15 heteroatoms. The topological polar surface area (TPSA) is 237 Å². The monoisotopic (exact) mass is 570 g/mol. The number of hydrogen-bond acceptors (Lipinski definition) is 8. The number of aliphatic imine (C=N–C) groups is 2. The Morgan fingerprint density at radius 1 is 1.05 bits per heavy atom. The van der Waals surface area contributed by atoms with Crippen molar-refractivity contribution in [3.05, 3.63) is 52.0 Å². The van der Waals surface area contributed by atoms with E-state index in [2.05, 4.69) is 25.6 Å². The first-order chi connectivity index (χ1) is 19.1. The molecule has 2 atom stereocenters. The molecule has 0 aliphatic carbocycles. The Kier molecular flexibility index (Phi) is 10.9. The van der Waals surface area contributed by atoms with E-state index < -0.39 is 18.0 Å². The van der Waals surface area contributed by atoms with Crippen LogP contribution in [0.2, 0.25) is 0 Å². The quantitative estimate of drug-likeness (QED) is 0.0676. The van der Waals surface area contributed by atoms with Crippen LogP contribution in [0.15, 0.2) is 45.8 Å². The number of amides is 3. The molecule has 2 heterocycles. The first-order valence-corrected chi connectivity index (χ1v) is 13.5. The van der Waals surface area contributed by atoms with Crippen LogP contribution in [0.1, 0.15) is 40.2 Å². The Morgan fingerprint density at radius 3 is 2.40 bits per heavy atom. The Labute approximate surface area is 235 Å². The molecule has 0 unspecified atom stereocenters. The molecule has 14 nitrogen and oxygen atoms in total. The number of Topliss-reactive ketones (excluding diaryl/α,β-unsaturated/α-hetero) is 1. The van der Waals surface area contributed by atoms with Crippen LogP contribution in [0, 0.1) is 0 Å². The number of nitrogens with two attached hydrogens (primary N) is 4. The van der Waals surface area contributed by atoms with E-state index in [0.29, 0.717) is 38.9 Å². The van der Waals surface area contributed by atoms with Gasteiger partial charge >= 0.3 is 0 Å². The second kappa shape index (κ2) is 14.6. The maximum atomic E-state index is 12.9. The molecule has 10 N–H and O–H groups in total. The summed E-state index contributed by atoms with van der Waals surface area (Å²) in [5.74, 6) is -1.53. The minimum atomic E-state index is -0.841. The Hall–Kier alpha value is -4.53. The van der Waals surface area contributed by atoms with Crippen molar-refractivity contribution >= 4 is 46.8 Å². The van der Waals surface area contributed by atoms with Crippen molar-refractivity contribution in [3.63, 3.8) is 0 Å². The lowest BCUT2D eigenvalue weighted by Crippen LogP contribution is -2.48. The third-order valence-corrected chi connectivity index (χ3v) is 6.83. The molecule has 2 aromatic rings. The molecule has 1 aliphatic rings. The molecule has 3 amide bonds. The van der Waals surface area contributed by atoms with E-state index in [4.69, 9.17) is 22.9 Å². The number of nitrogens with zero attached hydrogens (tertiary/aromatic N) is 4. The number of aromatic nitrogens is 1. The maximum Gasteiger partial charge on any atom is 0.245 e. The average molecular weight is 571 g/mol. The summed E-state index contributed by atoms with van der Waals surface area (Å²) in [6.07, 6.45) is 2.72. The van der Waals surface area contributed by atoms with E-state index in [1.54, 1.807) is 17.5 Å². The second-order valence-electron chi connectivity index (χ2n) is 9.17. The number of nitrogens with one attached hydrogen (secondary N) is 2. The fraction of sp³-hybridized carbons (Fsp3) is 0.400. The van der Waals surface area contributed by atoms with Crippen LogP contribution in [0.4, 0.5) is 0 Å². The molecule has 0 saturated carbocycles. The zero-order chi connectivity index (χ0) is 29.1. The van der Waals surface area contributed by atoms with Gasteiger partial charge in [-0.3, -0.25) is 24.2 Å². The Morgan fingerprint density at radius 2 is 1.75 bits per heavy atom. The fourth-order valence-corrected chi connectivity index (χ4v) is 4.72. The predicted octanol–water partition coefficient (Wildman–Crippen LogP) is -1.40. The van der Waals surface area contributed by atoms with E-state index in [0.717, 1.165) is 11.1 Å². The first kappa shape index (κ1) is 30.0. The van der Waals surface area contributed by atoms with Crippen LogP contribution in [-0.2, 0) is 27.3 Å². The van der Waals surface area contributed by atoms with Gasteiger partial charge in [0.15, 0.2) is 16.9 Å². The molecule has 1 aromatic carbocycles. The van der Waals surface area contributed by atoms with Gasteiger partial charge in [0.05, 0.1) is 25.6 Å². The van der Waals surface area contributed by atoms with Crippen molar-refractivity contribution in [1.29, 1.82) is 0 Å². The van der Waals surface area contributed by atoms with Gasteiger partial charge in [0, 0.05) is 24.7 Å². The van der Waals surface area contributed by atoms with Gasteiger partial charge in [0.2, 0.25) is 23.5 Å². The van der Waals surface area contributed by atoms with Gasteiger partial charge in [-0.2, -0.15) is 0 Å². The Balaban J connectivity index is 1.50. The smallest absolute Gasteiger partial charge is 0.245 e. The van der Waals surface area contributed by atoms with Gasteiger partial charge in [-0.05, 0) is 30.4 Å². The molecule has 1 saturated heterocycles. The number of guanidine groups is 2. The number of ketones is 1. The largest absolute Gasteiger partial charge is 0.370 e. The summed E-state index contributed by atoms with van der Waals surface area (Å²) in [6.45, 7) is 0.699. The maximum absolute atomic E-state index is 12.9. The molecule has 1 aliphatic heterocycles. The molecule has 0 radical (unpaired) electrons. The zero-order valence-corrected chi connectivity index (χ0v) is 22.7. The number of likely N-dealkylation sites (tertiary alicyclic amines) is 1. The predicted molar refractivity (Wildman–Crippen MR) is 151 cm³/mol.